The molecule has 0 radical (unpaired) electrons. The molecule has 1 aromatic heterocycles. The van der Waals surface area contributed by atoms with Crippen LogP contribution in [0.5, 0.6) is 0 Å². The zero-order valence-corrected chi connectivity index (χ0v) is 11.2. The number of piperazine rings is 1. The predicted octanol–water partition coefficient (Wildman–Crippen LogP) is 1.26. The zero-order valence-electron chi connectivity index (χ0n) is 11.2. The highest BCUT2D eigenvalue weighted by Crippen LogP contribution is 2.12. The molecule has 1 aliphatic heterocycles. The molecule has 0 amide bonds. The van der Waals surface area contributed by atoms with Crippen LogP contribution >= 0.6 is 0 Å². The highest BCUT2D eigenvalue weighted by atomic mass is 15.3. The first-order valence-corrected chi connectivity index (χ1v) is 6.75. The molecule has 2 heterocycles. The van der Waals surface area contributed by atoms with E-state index in [1.807, 2.05) is 0 Å². The summed E-state index contributed by atoms with van der Waals surface area (Å²) in [6.45, 7) is 12.0. The second kappa shape index (κ2) is 5.65. The number of aromatic nitrogens is 2. The minimum absolute atomic E-state index is 0.619. The summed E-state index contributed by atoms with van der Waals surface area (Å²) in [6.07, 6.45) is 1.02. The Labute approximate surface area is 104 Å². The fourth-order valence-electron chi connectivity index (χ4n) is 2.41. The number of hydrogen-bond acceptors (Lipinski definition) is 3. The molecule has 4 heteroatoms. The molecule has 4 nitrogen and oxygen atoms in total. The molecule has 0 spiro atoms. The van der Waals surface area contributed by atoms with E-state index < -0.39 is 0 Å². The molecular formula is C13H24N4. The standard InChI is InChI=1S/C13H24N4/c1-4-12-8-13(17(5-2)15-12)10-16-7-6-14-9-11(16)3/h8,11,14H,4-7,9-10H2,1-3H3/t11-/m0/s1. The van der Waals surface area contributed by atoms with Crippen LogP contribution in [0.4, 0.5) is 0 Å². The average molecular weight is 236 g/mol. The van der Waals surface area contributed by atoms with Crippen LogP contribution in [-0.2, 0) is 19.5 Å². The maximum atomic E-state index is 4.61. The summed E-state index contributed by atoms with van der Waals surface area (Å²) in [5.74, 6) is 0. The number of hydrogen-bond donors (Lipinski definition) is 1. The van der Waals surface area contributed by atoms with E-state index in [9.17, 15) is 0 Å². The maximum absolute atomic E-state index is 4.61. The van der Waals surface area contributed by atoms with Crippen molar-refractivity contribution in [2.24, 2.45) is 0 Å². The third-order valence-electron chi connectivity index (χ3n) is 3.58. The van der Waals surface area contributed by atoms with Crippen LogP contribution in [0, 0.1) is 0 Å². The lowest BCUT2D eigenvalue weighted by Gasteiger charge is -2.33. The Morgan fingerprint density at radius 3 is 2.94 bits per heavy atom. The van der Waals surface area contributed by atoms with Crippen molar-refractivity contribution in [2.75, 3.05) is 19.6 Å². The minimum atomic E-state index is 0.619. The van der Waals surface area contributed by atoms with E-state index in [0.29, 0.717) is 6.04 Å². The smallest absolute Gasteiger partial charge is 0.0625 e. The number of nitrogens with zero attached hydrogens (tertiary/aromatic N) is 3. The van der Waals surface area contributed by atoms with Gasteiger partial charge in [0.15, 0.2) is 0 Å². The van der Waals surface area contributed by atoms with Gasteiger partial charge in [-0.15, -0.1) is 0 Å². The predicted molar refractivity (Wildman–Crippen MR) is 70.0 cm³/mol. The molecule has 1 saturated heterocycles. The van der Waals surface area contributed by atoms with Crippen molar-refractivity contribution in [3.63, 3.8) is 0 Å². The van der Waals surface area contributed by atoms with E-state index in [2.05, 4.69) is 46.8 Å². The normalized spacial score (nSPS) is 21.9. The molecule has 1 fully saturated rings. The summed E-state index contributed by atoms with van der Waals surface area (Å²) in [5.41, 5.74) is 2.57. The third kappa shape index (κ3) is 2.87. The maximum Gasteiger partial charge on any atom is 0.0625 e. The summed E-state index contributed by atoms with van der Waals surface area (Å²) in [5, 5.41) is 8.04. The van der Waals surface area contributed by atoms with Crippen LogP contribution in [0.25, 0.3) is 0 Å². The van der Waals surface area contributed by atoms with Crippen LogP contribution in [0.15, 0.2) is 6.07 Å². The van der Waals surface area contributed by atoms with Gasteiger partial charge >= 0.3 is 0 Å². The molecule has 1 aliphatic rings. The van der Waals surface area contributed by atoms with Gasteiger partial charge < -0.3 is 5.32 Å². The monoisotopic (exact) mass is 236 g/mol. The van der Waals surface area contributed by atoms with Crippen molar-refractivity contribution in [2.45, 2.75) is 46.3 Å². The van der Waals surface area contributed by atoms with Gasteiger partial charge in [0.25, 0.3) is 0 Å². The van der Waals surface area contributed by atoms with Crippen LogP contribution in [0.3, 0.4) is 0 Å². The first-order chi connectivity index (χ1) is 8.24. The van der Waals surface area contributed by atoms with Crippen molar-refractivity contribution in [3.8, 4) is 0 Å². The molecule has 1 aromatic rings. The van der Waals surface area contributed by atoms with Crippen LogP contribution in [-0.4, -0.2) is 40.4 Å². The average Bonchev–Trinajstić information content (AvgIpc) is 2.74. The number of nitrogens with one attached hydrogen (secondary N) is 1. The highest BCUT2D eigenvalue weighted by molar-refractivity contribution is 5.10. The first-order valence-electron chi connectivity index (χ1n) is 6.75. The topological polar surface area (TPSA) is 33.1 Å². The molecule has 17 heavy (non-hydrogen) atoms. The lowest BCUT2D eigenvalue weighted by Crippen LogP contribution is -2.49. The number of rotatable bonds is 4. The molecule has 0 aromatic carbocycles. The third-order valence-corrected chi connectivity index (χ3v) is 3.58. The SMILES string of the molecule is CCc1cc(CN2CCNC[C@@H]2C)n(CC)n1. The Bertz CT molecular complexity index is 358. The van der Waals surface area contributed by atoms with Gasteiger partial charge in [0.05, 0.1) is 11.4 Å². The van der Waals surface area contributed by atoms with Crippen molar-refractivity contribution in [1.29, 1.82) is 0 Å². The summed E-state index contributed by atoms with van der Waals surface area (Å²) in [6, 6.07) is 2.88. The quantitative estimate of drug-likeness (QED) is 0.854. The fourth-order valence-corrected chi connectivity index (χ4v) is 2.41. The minimum Gasteiger partial charge on any atom is -0.314 e. The summed E-state index contributed by atoms with van der Waals surface area (Å²) in [7, 11) is 0. The Hall–Kier alpha value is -0.870. The summed E-state index contributed by atoms with van der Waals surface area (Å²) >= 11 is 0. The largest absolute Gasteiger partial charge is 0.314 e. The first kappa shape index (κ1) is 12.6. The molecule has 96 valence electrons. The van der Waals surface area contributed by atoms with E-state index in [1.165, 1.54) is 11.4 Å². The van der Waals surface area contributed by atoms with Crippen molar-refractivity contribution in [1.82, 2.24) is 20.0 Å². The van der Waals surface area contributed by atoms with Gasteiger partial charge in [-0.05, 0) is 26.3 Å². The fraction of sp³-hybridized carbons (Fsp3) is 0.769. The molecule has 0 unspecified atom stereocenters. The Balaban J connectivity index is 2.08. The van der Waals surface area contributed by atoms with E-state index >= 15 is 0 Å². The Morgan fingerprint density at radius 1 is 1.47 bits per heavy atom. The van der Waals surface area contributed by atoms with E-state index in [1.54, 1.807) is 0 Å². The van der Waals surface area contributed by atoms with Gasteiger partial charge in [-0.25, -0.2) is 0 Å². The van der Waals surface area contributed by atoms with Gasteiger partial charge in [0, 0.05) is 38.8 Å². The second-order valence-electron chi connectivity index (χ2n) is 4.82. The van der Waals surface area contributed by atoms with Crippen molar-refractivity contribution >= 4 is 0 Å². The van der Waals surface area contributed by atoms with E-state index in [4.69, 9.17) is 0 Å². The molecule has 0 aliphatic carbocycles. The lowest BCUT2D eigenvalue weighted by atomic mass is 10.2. The summed E-state index contributed by atoms with van der Waals surface area (Å²) in [4.78, 5) is 2.54. The highest BCUT2D eigenvalue weighted by Gasteiger charge is 2.19. The molecule has 1 atom stereocenters. The van der Waals surface area contributed by atoms with Crippen molar-refractivity contribution < 1.29 is 0 Å². The number of aryl methyl sites for hydroxylation is 2. The molecule has 0 bridgehead atoms. The van der Waals surface area contributed by atoms with Gasteiger partial charge in [-0.2, -0.15) is 5.10 Å². The Kier molecular flexibility index (Phi) is 4.18. The van der Waals surface area contributed by atoms with Gasteiger partial charge in [-0.3, -0.25) is 9.58 Å². The summed E-state index contributed by atoms with van der Waals surface area (Å²) < 4.78 is 2.15. The van der Waals surface area contributed by atoms with Crippen LogP contribution in [0.1, 0.15) is 32.2 Å². The van der Waals surface area contributed by atoms with E-state index in [-0.39, 0.29) is 0 Å². The molecule has 0 saturated carbocycles. The molecule has 2 rings (SSSR count). The zero-order chi connectivity index (χ0) is 12.3. The van der Waals surface area contributed by atoms with Gasteiger partial charge in [0.2, 0.25) is 0 Å². The molecular weight excluding hydrogens is 212 g/mol. The van der Waals surface area contributed by atoms with Gasteiger partial charge in [-0.1, -0.05) is 6.92 Å². The Morgan fingerprint density at radius 2 is 2.29 bits per heavy atom. The lowest BCUT2D eigenvalue weighted by molar-refractivity contribution is 0.161. The van der Waals surface area contributed by atoms with Crippen molar-refractivity contribution in [3.05, 3.63) is 17.5 Å². The van der Waals surface area contributed by atoms with Crippen LogP contribution in [0.2, 0.25) is 0 Å². The van der Waals surface area contributed by atoms with Crippen LogP contribution < -0.4 is 5.32 Å². The second-order valence-corrected chi connectivity index (χ2v) is 4.82. The van der Waals surface area contributed by atoms with E-state index in [0.717, 1.165) is 39.1 Å². The van der Waals surface area contributed by atoms with Gasteiger partial charge in [0.1, 0.15) is 0 Å². The molecule has 1 N–H and O–H groups in total.